The van der Waals surface area contributed by atoms with Crippen molar-refractivity contribution in [1.82, 2.24) is 10.2 Å². The van der Waals surface area contributed by atoms with E-state index >= 15 is 0 Å². The summed E-state index contributed by atoms with van der Waals surface area (Å²) in [4.78, 5) is 7.30. The van der Waals surface area contributed by atoms with Gasteiger partial charge in [-0.2, -0.15) is 0 Å². The second-order valence-corrected chi connectivity index (χ2v) is 6.63. The molecule has 2 aliphatic rings. The molecule has 1 N–H and O–H groups in total. The maximum Gasteiger partial charge on any atom is 0.157 e. The molecule has 1 unspecified atom stereocenters. The van der Waals surface area contributed by atoms with Crippen molar-refractivity contribution in [2.75, 3.05) is 25.4 Å². The average Bonchev–Trinajstić information content (AvgIpc) is 2.97. The average molecular weight is 269 g/mol. The summed E-state index contributed by atoms with van der Waals surface area (Å²) >= 11 is 1.93. The Balaban J connectivity index is 1.86. The predicted molar refractivity (Wildman–Crippen MR) is 81.5 cm³/mol. The fraction of sp³-hybridized carbons (Fsp3) is 0.929. The molecule has 0 amide bonds. The van der Waals surface area contributed by atoms with Crippen LogP contribution >= 0.6 is 11.8 Å². The Bertz CT molecular complexity index is 293. The monoisotopic (exact) mass is 269 g/mol. The van der Waals surface area contributed by atoms with Crippen molar-refractivity contribution in [1.29, 1.82) is 0 Å². The minimum Gasteiger partial charge on any atom is -0.359 e. The van der Waals surface area contributed by atoms with Crippen molar-refractivity contribution in [3.63, 3.8) is 0 Å². The molecule has 1 spiro atoms. The maximum atomic E-state index is 4.86. The van der Waals surface area contributed by atoms with E-state index < -0.39 is 0 Å². The van der Waals surface area contributed by atoms with E-state index in [2.05, 4.69) is 31.0 Å². The van der Waals surface area contributed by atoms with Crippen LogP contribution in [0, 0.1) is 0 Å². The lowest BCUT2D eigenvalue weighted by molar-refractivity contribution is 0.289. The van der Waals surface area contributed by atoms with E-state index in [1.165, 1.54) is 36.6 Å². The van der Waals surface area contributed by atoms with Crippen molar-refractivity contribution in [3.8, 4) is 0 Å². The predicted octanol–water partition coefficient (Wildman–Crippen LogP) is 2.72. The number of thioether (sulfide) groups is 1. The van der Waals surface area contributed by atoms with Crippen molar-refractivity contribution < 1.29 is 0 Å². The Labute approximate surface area is 116 Å². The molecule has 3 nitrogen and oxygen atoms in total. The Morgan fingerprint density at radius 1 is 1.33 bits per heavy atom. The zero-order chi connectivity index (χ0) is 13.0. The second kappa shape index (κ2) is 6.29. The van der Waals surface area contributed by atoms with Crippen LogP contribution < -0.4 is 5.32 Å². The molecule has 1 aliphatic carbocycles. The molecule has 0 aromatic carbocycles. The SMILES string of the molecule is CCN(CC)CC(C)N=C1NC2(CCCC2)CS1. The fourth-order valence-electron chi connectivity index (χ4n) is 2.99. The standard InChI is InChI=1S/C14H27N3S/c1-4-17(5-2)10-12(3)15-13-16-14(11-18-13)8-6-7-9-14/h12H,4-11H2,1-3H3,(H,15,16). The van der Waals surface area contributed by atoms with Gasteiger partial charge in [0.1, 0.15) is 0 Å². The maximum absolute atomic E-state index is 4.86. The number of hydrogen-bond donors (Lipinski definition) is 1. The summed E-state index contributed by atoms with van der Waals surface area (Å²) < 4.78 is 0. The Morgan fingerprint density at radius 3 is 2.61 bits per heavy atom. The Hall–Kier alpha value is -0.220. The number of likely N-dealkylation sites (N-methyl/N-ethyl adjacent to an activating group) is 1. The van der Waals surface area contributed by atoms with E-state index in [1.54, 1.807) is 0 Å². The van der Waals surface area contributed by atoms with E-state index in [-0.39, 0.29) is 0 Å². The normalized spacial score (nSPS) is 26.1. The number of hydrogen-bond acceptors (Lipinski definition) is 3. The lowest BCUT2D eigenvalue weighted by Crippen LogP contribution is -2.41. The molecule has 104 valence electrons. The number of nitrogens with one attached hydrogen (secondary N) is 1. The molecule has 0 bridgehead atoms. The summed E-state index contributed by atoms with van der Waals surface area (Å²) in [5, 5.41) is 4.89. The highest BCUT2D eigenvalue weighted by atomic mass is 32.2. The second-order valence-electron chi connectivity index (χ2n) is 5.67. The molecule has 2 fully saturated rings. The van der Waals surface area contributed by atoms with Gasteiger partial charge in [-0.1, -0.05) is 38.5 Å². The van der Waals surface area contributed by atoms with Crippen molar-refractivity contribution >= 4 is 16.9 Å². The summed E-state index contributed by atoms with van der Waals surface area (Å²) in [5.41, 5.74) is 0.401. The highest BCUT2D eigenvalue weighted by molar-refractivity contribution is 8.14. The first-order valence-electron chi connectivity index (χ1n) is 7.38. The van der Waals surface area contributed by atoms with Gasteiger partial charge in [0.2, 0.25) is 0 Å². The van der Waals surface area contributed by atoms with Gasteiger partial charge in [0.25, 0.3) is 0 Å². The van der Waals surface area contributed by atoms with E-state index in [1.807, 2.05) is 11.8 Å². The summed E-state index contributed by atoms with van der Waals surface area (Å²) in [6.45, 7) is 9.99. The number of amidine groups is 1. The topological polar surface area (TPSA) is 27.6 Å². The van der Waals surface area contributed by atoms with Crippen LogP contribution in [0.15, 0.2) is 4.99 Å². The molecule has 0 radical (unpaired) electrons. The summed E-state index contributed by atoms with van der Waals surface area (Å²) in [5.74, 6) is 1.23. The molecule has 18 heavy (non-hydrogen) atoms. The molecule has 0 aromatic heterocycles. The minimum atomic E-state index is 0.399. The van der Waals surface area contributed by atoms with Gasteiger partial charge < -0.3 is 10.2 Å². The molecule has 1 heterocycles. The third-order valence-electron chi connectivity index (χ3n) is 4.17. The van der Waals surface area contributed by atoms with Gasteiger partial charge in [-0.3, -0.25) is 4.99 Å². The third kappa shape index (κ3) is 3.41. The third-order valence-corrected chi connectivity index (χ3v) is 5.35. The zero-order valence-corrected chi connectivity index (χ0v) is 12.9. The van der Waals surface area contributed by atoms with Crippen LogP contribution in [0.1, 0.15) is 46.5 Å². The quantitative estimate of drug-likeness (QED) is 0.831. The molecule has 1 saturated heterocycles. The van der Waals surface area contributed by atoms with Crippen LogP contribution in [0.4, 0.5) is 0 Å². The summed E-state index contributed by atoms with van der Waals surface area (Å²) in [7, 11) is 0. The van der Waals surface area contributed by atoms with E-state index in [0.717, 1.165) is 19.6 Å². The Kier molecular flexibility index (Phi) is 4.96. The highest BCUT2D eigenvalue weighted by Crippen LogP contribution is 2.37. The first-order chi connectivity index (χ1) is 8.67. The van der Waals surface area contributed by atoms with E-state index in [9.17, 15) is 0 Å². The van der Waals surface area contributed by atoms with Crippen molar-refractivity contribution in [3.05, 3.63) is 0 Å². The lowest BCUT2D eigenvalue weighted by Gasteiger charge is -2.23. The molecule has 1 atom stereocenters. The first-order valence-corrected chi connectivity index (χ1v) is 8.37. The minimum absolute atomic E-state index is 0.399. The smallest absolute Gasteiger partial charge is 0.157 e. The van der Waals surface area contributed by atoms with Gasteiger partial charge in [0.15, 0.2) is 5.17 Å². The van der Waals surface area contributed by atoms with Gasteiger partial charge >= 0.3 is 0 Å². The van der Waals surface area contributed by atoms with Crippen LogP contribution in [-0.2, 0) is 0 Å². The lowest BCUT2D eigenvalue weighted by atomic mass is 10.0. The van der Waals surface area contributed by atoms with Crippen LogP contribution in [0.2, 0.25) is 0 Å². The first kappa shape index (κ1) is 14.2. The van der Waals surface area contributed by atoms with E-state index in [4.69, 9.17) is 4.99 Å². The summed E-state index contributed by atoms with van der Waals surface area (Å²) in [6, 6.07) is 0.399. The molecule has 1 aliphatic heterocycles. The van der Waals surface area contributed by atoms with Gasteiger partial charge in [-0.15, -0.1) is 0 Å². The van der Waals surface area contributed by atoms with Crippen LogP contribution in [0.5, 0.6) is 0 Å². The number of aliphatic imine (C=N–C) groups is 1. The van der Waals surface area contributed by atoms with Gasteiger partial charge in [-0.05, 0) is 32.9 Å². The van der Waals surface area contributed by atoms with Crippen LogP contribution in [0.25, 0.3) is 0 Å². The fourth-order valence-corrected chi connectivity index (χ4v) is 4.31. The molecule has 1 saturated carbocycles. The Morgan fingerprint density at radius 2 is 2.00 bits per heavy atom. The van der Waals surface area contributed by atoms with Gasteiger partial charge in [0.05, 0.1) is 6.04 Å². The van der Waals surface area contributed by atoms with Crippen molar-refractivity contribution in [2.45, 2.75) is 58.0 Å². The molecule has 0 aromatic rings. The largest absolute Gasteiger partial charge is 0.359 e. The molecular formula is C14H27N3S. The molecular weight excluding hydrogens is 242 g/mol. The molecule has 4 heteroatoms. The number of nitrogens with zero attached hydrogens (tertiary/aromatic N) is 2. The number of rotatable bonds is 5. The van der Waals surface area contributed by atoms with Gasteiger partial charge in [0, 0.05) is 17.8 Å². The highest BCUT2D eigenvalue weighted by Gasteiger charge is 2.39. The van der Waals surface area contributed by atoms with Crippen molar-refractivity contribution in [2.24, 2.45) is 4.99 Å². The van der Waals surface area contributed by atoms with Gasteiger partial charge in [-0.25, -0.2) is 0 Å². The zero-order valence-electron chi connectivity index (χ0n) is 12.0. The summed E-state index contributed by atoms with van der Waals surface area (Å²) in [6.07, 6.45) is 5.44. The van der Waals surface area contributed by atoms with Crippen LogP contribution in [0.3, 0.4) is 0 Å². The molecule has 2 rings (SSSR count). The van der Waals surface area contributed by atoms with Crippen LogP contribution in [-0.4, -0.2) is 47.0 Å². The van der Waals surface area contributed by atoms with E-state index in [0.29, 0.717) is 11.6 Å².